The summed E-state index contributed by atoms with van der Waals surface area (Å²) in [4.78, 5) is 36.3. The molecule has 158 valence electrons. The molecular weight excluding hydrogens is 398 g/mol. The lowest BCUT2D eigenvalue weighted by Crippen LogP contribution is -2.39. The van der Waals surface area contributed by atoms with Crippen molar-refractivity contribution >= 4 is 35.9 Å². The Kier molecular flexibility index (Phi) is 9.30. The van der Waals surface area contributed by atoms with Gasteiger partial charge in [0.25, 0.3) is 5.91 Å². The molecule has 0 fully saturated rings. The van der Waals surface area contributed by atoms with Gasteiger partial charge in [-0.05, 0) is 45.2 Å². The fraction of sp³-hybridized carbons (Fsp3) is 0.368. The zero-order valence-corrected chi connectivity index (χ0v) is 17.6. The van der Waals surface area contributed by atoms with Gasteiger partial charge < -0.3 is 20.7 Å². The van der Waals surface area contributed by atoms with Gasteiger partial charge in [-0.2, -0.15) is 5.10 Å². The first-order valence-corrected chi connectivity index (χ1v) is 8.90. The van der Waals surface area contributed by atoms with Crippen LogP contribution in [0.15, 0.2) is 36.7 Å². The number of halogens is 1. The van der Waals surface area contributed by atoms with Crippen molar-refractivity contribution in [2.45, 2.75) is 25.9 Å². The molecule has 1 heterocycles. The Morgan fingerprint density at radius 1 is 1.21 bits per heavy atom. The number of hydrogen-bond donors (Lipinski definition) is 3. The van der Waals surface area contributed by atoms with Gasteiger partial charge in [-0.15, -0.1) is 12.4 Å². The second-order valence-electron chi connectivity index (χ2n) is 6.18. The number of carbonyl (C=O) groups is 3. The molecule has 2 atom stereocenters. The molecule has 2 aromatic rings. The number of carbonyl (C=O) groups excluding carboxylic acids is 3. The largest absolute Gasteiger partial charge is 0.464 e. The van der Waals surface area contributed by atoms with Crippen LogP contribution in [-0.2, 0) is 21.4 Å². The smallest absolute Gasteiger partial charge is 0.328 e. The first-order chi connectivity index (χ1) is 13.3. The van der Waals surface area contributed by atoms with Gasteiger partial charge in [-0.3, -0.25) is 14.3 Å². The van der Waals surface area contributed by atoms with E-state index in [1.54, 1.807) is 69.3 Å². The van der Waals surface area contributed by atoms with Gasteiger partial charge in [0.15, 0.2) is 0 Å². The summed E-state index contributed by atoms with van der Waals surface area (Å²) in [5.74, 6) is -1.14. The standard InChI is InChI=1S/C19H25N5O4.ClH/c1-5-28-19(27)12(2)22-17(25)13-6-8-15(9-7-13)23-18(26)16(20-3)14-10-21-24(4)11-14;/h6-12,16,20H,5H2,1-4H3,(H,22,25)(H,23,26);1H. The average Bonchev–Trinajstić information content (AvgIpc) is 3.09. The molecule has 1 aromatic carbocycles. The van der Waals surface area contributed by atoms with Crippen LogP contribution >= 0.6 is 12.4 Å². The van der Waals surface area contributed by atoms with E-state index in [9.17, 15) is 14.4 Å². The summed E-state index contributed by atoms with van der Waals surface area (Å²) < 4.78 is 6.48. The van der Waals surface area contributed by atoms with Gasteiger partial charge in [-0.25, -0.2) is 4.79 Å². The molecule has 2 amide bonds. The molecule has 2 unspecified atom stereocenters. The summed E-state index contributed by atoms with van der Waals surface area (Å²) in [5, 5.41) is 12.4. The van der Waals surface area contributed by atoms with Crippen molar-refractivity contribution in [2.24, 2.45) is 7.05 Å². The van der Waals surface area contributed by atoms with E-state index >= 15 is 0 Å². The molecule has 0 saturated carbocycles. The van der Waals surface area contributed by atoms with Gasteiger partial charge in [0.05, 0.1) is 12.8 Å². The van der Waals surface area contributed by atoms with Gasteiger partial charge in [0, 0.05) is 30.1 Å². The van der Waals surface area contributed by atoms with Crippen LogP contribution in [0.5, 0.6) is 0 Å². The third-order valence-electron chi connectivity index (χ3n) is 4.01. The Balaban J connectivity index is 0.00000420. The number of likely N-dealkylation sites (N-methyl/N-ethyl adjacent to an activating group) is 1. The van der Waals surface area contributed by atoms with Crippen LogP contribution in [0.3, 0.4) is 0 Å². The maximum atomic E-state index is 12.5. The molecule has 0 bridgehead atoms. The zero-order valence-electron chi connectivity index (χ0n) is 16.8. The minimum atomic E-state index is -0.748. The highest BCUT2D eigenvalue weighted by Gasteiger charge is 2.21. The molecule has 29 heavy (non-hydrogen) atoms. The van der Waals surface area contributed by atoms with Crippen LogP contribution in [0, 0.1) is 0 Å². The predicted octanol–water partition coefficient (Wildman–Crippen LogP) is 1.42. The molecule has 0 saturated heterocycles. The first-order valence-electron chi connectivity index (χ1n) is 8.90. The fourth-order valence-corrected chi connectivity index (χ4v) is 2.56. The third-order valence-corrected chi connectivity index (χ3v) is 4.01. The lowest BCUT2D eigenvalue weighted by molar-refractivity contribution is -0.144. The predicted molar refractivity (Wildman–Crippen MR) is 111 cm³/mol. The number of anilines is 1. The number of rotatable bonds is 8. The molecule has 0 aliphatic carbocycles. The van der Waals surface area contributed by atoms with Crippen LogP contribution in [0.4, 0.5) is 5.69 Å². The Morgan fingerprint density at radius 3 is 2.38 bits per heavy atom. The number of esters is 1. The van der Waals surface area contributed by atoms with Crippen LogP contribution in [0.2, 0.25) is 0 Å². The molecule has 0 aliphatic heterocycles. The summed E-state index contributed by atoms with van der Waals surface area (Å²) in [5.41, 5.74) is 1.65. The maximum absolute atomic E-state index is 12.5. The lowest BCUT2D eigenvalue weighted by Gasteiger charge is -2.15. The minimum Gasteiger partial charge on any atom is -0.464 e. The molecule has 9 nitrogen and oxygen atoms in total. The second-order valence-corrected chi connectivity index (χ2v) is 6.18. The number of benzene rings is 1. The highest BCUT2D eigenvalue weighted by molar-refractivity contribution is 5.98. The van der Waals surface area contributed by atoms with E-state index in [1.165, 1.54) is 0 Å². The molecule has 3 N–H and O–H groups in total. The van der Waals surface area contributed by atoms with Crippen molar-refractivity contribution < 1.29 is 19.1 Å². The molecule has 0 spiro atoms. The van der Waals surface area contributed by atoms with Crippen molar-refractivity contribution in [1.82, 2.24) is 20.4 Å². The Bertz CT molecular complexity index is 837. The van der Waals surface area contributed by atoms with Gasteiger partial charge >= 0.3 is 5.97 Å². The van der Waals surface area contributed by atoms with E-state index in [0.29, 0.717) is 11.3 Å². The molecule has 10 heteroatoms. The summed E-state index contributed by atoms with van der Waals surface area (Å²) in [6.07, 6.45) is 3.39. The van der Waals surface area contributed by atoms with Crippen LogP contribution < -0.4 is 16.0 Å². The SMILES string of the molecule is CCOC(=O)C(C)NC(=O)c1ccc(NC(=O)C(NC)c2cnn(C)c2)cc1.Cl. The minimum absolute atomic E-state index is 0. The van der Waals surface area contributed by atoms with E-state index in [4.69, 9.17) is 4.74 Å². The van der Waals surface area contributed by atoms with Crippen molar-refractivity contribution in [3.63, 3.8) is 0 Å². The molecule has 2 rings (SSSR count). The van der Waals surface area contributed by atoms with Crippen LogP contribution in [-0.4, -0.2) is 47.3 Å². The zero-order chi connectivity index (χ0) is 20.7. The number of nitrogens with one attached hydrogen (secondary N) is 3. The number of aromatic nitrogens is 2. The van der Waals surface area contributed by atoms with Gasteiger partial charge in [0.2, 0.25) is 5.91 Å². The molecule has 1 aromatic heterocycles. The Morgan fingerprint density at radius 2 is 1.86 bits per heavy atom. The van der Waals surface area contributed by atoms with E-state index in [2.05, 4.69) is 21.0 Å². The fourth-order valence-electron chi connectivity index (χ4n) is 2.56. The highest BCUT2D eigenvalue weighted by Crippen LogP contribution is 2.16. The van der Waals surface area contributed by atoms with E-state index in [1.807, 2.05) is 0 Å². The van der Waals surface area contributed by atoms with E-state index in [0.717, 1.165) is 5.56 Å². The molecular formula is C19H26ClN5O4. The average molecular weight is 424 g/mol. The summed E-state index contributed by atoms with van der Waals surface area (Å²) >= 11 is 0. The number of hydrogen-bond acceptors (Lipinski definition) is 6. The van der Waals surface area contributed by atoms with E-state index in [-0.39, 0.29) is 24.9 Å². The Labute approximate surface area is 175 Å². The summed E-state index contributed by atoms with van der Waals surface area (Å²) in [7, 11) is 3.47. The van der Waals surface area contributed by atoms with Gasteiger partial charge in [0.1, 0.15) is 12.1 Å². The second kappa shape index (κ2) is 11.2. The first kappa shape index (κ1) is 24.1. The monoisotopic (exact) mass is 423 g/mol. The topological polar surface area (TPSA) is 114 Å². The molecule has 0 radical (unpaired) electrons. The number of nitrogens with zero attached hydrogens (tertiary/aromatic N) is 2. The van der Waals surface area contributed by atoms with Crippen molar-refractivity contribution in [1.29, 1.82) is 0 Å². The van der Waals surface area contributed by atoms with Crippen LogP contribution in [0.1, 0.15) is 35.8 Å². The van der Waals surface area contributed by atoms with Crippen molar-refractivity contribution in [3.8, 4) is 0 Å². The summed E-state index contributed by atoms with van der Waals surface area (Å²) in [6.45, 7) is 3.51. The lowest BCUT2D eigenvalue weighted by atomic mass is 10.1. The van der Waals surface area contributed by atoms with E-state index < -0.39 is 24.0 Å². The molecule has 0 aliphatic rings. The quantitative estimate of drug-likeness (QED) is 0.553. The van der Waals surface area contributed by atoms with Crippen molar-refractivity contribution in [3.05, 3.63) is 47.8 Å². The Hall–Kier alpha value is -2.91. The summed E-state index contributed by atoms with van der Waals surface area (Å²) in [6, 6.07) is 5.09. The maximum Gasteiger partial charge on any atom is 0.328 e. The van der Waals surface area contributed by atoms with Gasteiger partial charge in [-0.1, -0.05) is 0 Å². The highest BCUT2D eigenvalue weighted by atomic mass is 35.5. The third kappa shape index (κ3) is 6.58. The number of amides is 2. The number of aryl methyl sites for hydroxylation is 1. The normalized spacial score (nSPS) is 12.3. The van der Waals surface area contributed by atoms with Crippen LogP contribution in [0.25, 0.3) is 0 Å². The number of ether oxygens (including phenoxy) is 1. The van der Waals surface area contributed by atoms with Crippen molar-refractivity contribution in [2.75, 3.05) is 19.0 Å².